The number of hydrogen-bond donors (Lipinski definition) is 0. The van der Waals surface area contributed by atoms with Gasteiger partial charge in [0, 0.05) is 22.7 Å². The summed E-state index contributed by atoms with van der Waals surface area (Å²) >= 11 is 14.0. The molecule has 3 aromatic carbocycles. The van der Waals surface area contributed by atoms with E-state index in [1.54, 1.807) is 38.1 Å². The molecule has 0 fully saturated rings. The molecule has 0 spiro atoms. The van der Waals surface area contributed by atoms with Crippen LogP contribution in [0.3, 0.4) is 0 Å². The molecule has 0 aliphatic carbocycles. The summed E-state index contributed by atoms with van der Waals surface area (Å²) in [5.74, 6) is -0.249. The molecule has 0 amide bonds. The van der Waals surface area contributed by atoms with E-state index < -0.39 is 16.9 Å². The Hall–Kier alpha value is -4.25. The lowest BCUT2D eigenvalue weighted by Crippen LogP contribution is -2.39. The number of aryl methyl sites for hydroxylation is 1. The van der Waals surface area contributed by atoms with Gasteiger partial charge in [-0.15, -0.1) is 0 Å². The van der Waals surface area contributed by atoms with E-state index in [0.29, 0.717) is 36.8 Å². The van der Waals surface area contributed by atoms with Gasteiger partial charge in [-0.1, -0.05) is 64.4 Å². The van der Waals surface area contributed by atoms with E-state index in [1.165, 1.54) is 22.8 Å². The molecule has 0 radical (unpaired) electrons. The number of nitrogens with zero attached hydrogens (tertiary/aromatic N) is 3. The van der Waals surface area contributed by atoms with Crippen molar-refractivity contribution in [3.05, 3.63) is 134 Å². The minimum atomic E-state index is -0.737. The molecule has 1 aliphatic heterocycles. The first-order chi connectivity index (χ1) is 20.6. The van der Waals surface area contributed by atoms with Crippen LogP contribution in [0.1, 0.15) is 42.1 Å². The molecule has 9 nitrogen and oxygen atoms in total. The smallest absolute Gasteiger partial charge is 0.338 e. The number of halogens is 2. The van der Waals surface area contributed by atoms with Crippen molar-refractivity contribution in [3.63, 3.8) is 0 Å². The lowest BCUT2D eigenvalue weighted by molar-refractivity contribution is -0.384. The molecule has 43 heavy (non-hydrogen) atoms. The largest absolute Gasteiger partial charge is 0.487 e. The second-order valence-electron chi connectivity index (χ2n) is 9.73. The fraction of sp³-hybridized carbons (Fsp3) is 0.194. The van der Waals surface area contributed by atoms with Gasteiger partial charge in [0.15, 0.2) is 4.80 Å². The van der Waals surface area contributed by atoms with Crippen LogP contribution < -0.4 is 19.6 Å². The maximum absolute atomic E-state index is 14.0. The van der Waals surface area contributed by atoms with Crippen LogP contribution >= 0.6 is 34.5 Å². The van der Waals surface area contributed by atoms with E-state index in [-0.39, 0.29) is 35.2 Å². The number of carbonyl (C=O) groups excluding carboxylic acids is 1. The highest BCUT2D eigenvalue weighted by molar-refractivity contribution is 7.07. The predicted molar refractivity (Wildman–Crippen MR) is 165 cm³/mol. The molecule has 1 aliphatic rings. The number of allylic oxidation sites excluding steroid dienone is 1. The highest BCUT2D eigenvalue weighted by Crippen LogP contribution is 2.34. The molecule has 1 aromatic heterocycles. The van der Waals surface area contributed by atoms with E-state index in [9.17, 15) is 19.7 Å². The number of ether oxygens (including phenoxy) is 2. The Morgan fingerprint density at radius 1 is 1.12 bits per heavy atom. The topological polar surface area (TPSA) is 113 Å². The molecule has 5 rings (SSSR count). The van der Waals surface area contributed by atoms with Gasteiger partial charge < -0.3 is 9.47 Å². The highest BCUT2D eigenvalue weighted by Gasteiger charge is 2.33. The van der Waals surface area contributed by atoms with Gasteiger partial charge in [-0.3, -0.25) is 19.5 Å². The first-order valence-electron chi connectivity index (χ1n) is 13.2. The minimum Gasteiger partial charge on any atom is -0.487 e. The zero-order valence-corrected chi connectivity index (χ0v) is 25.6. The molecule has 0 saturated heterocycles. The third-order valence-electron chi connectivity index (χ3n) is 6.76. The van der Waals surface area contributed by atoms with E-state index in [4.69, 9.17) is 32.7 Å². The molecular weight excluding hydrogens is 613 g/mol. The van der Waals surface area contributed by atoms with Crippen LogP contribution in [0.5, 0.6) is 5.75 Å². The fourth-order valence-corrected chi connectivity index (χ4v) is 6.31. The van der Waals surface area contributed by atoms with Crippen molar-refractivity contribution in [3.8, 4) is 5.75 Å². The Morgan fingerprint density at radius 2 is 1.81 bits per heavy atom. The molecular formula is C31H25Cl2N3O6S. The van der Waals surface area contributed by atoms with Crippen molar-refractivity contribution >= 4 is 52.3 Å². The Labute approximate surface area is 260 Å². The number of nitro groups is 1. The van der Waals surface area contributed by atoms with Crippen LogP contribution in [0.2, 0.25) is 10.0 Å². The van der Waals surface area contributed by atoms with Crippen molar-refractivity contribution in [1.29, 1.82) is 0 Å². The molecule has 4 aromatic rings. The Morgan fingerprint density at radius 3 is 2.47 bits per heavy atom. The van der Waals surface area contributed by atoms with Gasteiger partial charge in [0.05, 0.1) is 38.4 Å². The molecule has 220 valence electrons. The van der Waals surface area contributed by atoms with Gasteiger partial charge in [0.2, 0.25) is 0 Å². The Balaban J connectivity index is 1.60. The number of nitro benzene ring substituents is 1. The molecule has 0 bridgehead atoms. The summed E-state index contributed by atoms with van der Waals surface area (Å²) in [4.78, 5) is 42.6. The average Bonchev–Trinajstić information content (AvgIpc) is 3.26. The normalized spacial score (nSPS) is 14.7. The molecule has 12 heteroatoms. The number of rotatable bonds is 8. The van der Waals surface area contributed by atoms with Gasteiger partial charge in [-0.25, -0.2) is 9.79 Å². The zero-order chi connectivity index (χ0) is 30.8. The number of non-ortho nitro benzene ring substituents is 1. The lowest BCUT2D eigenvalue weighted by atomic mass is 9.95. The van der Waals surface area contributed by atoms with Gasteiger partial charge >= 0.3 is 5.97 Å². The number of thiazole rings is 1. The summed E-state index contributed by atoms with van der Waals surface area (Å²) < 4.78 is 13.2. The SMILES string of the molecule is CCOC(=O)C1=C(C)N=c2s/c(=C\c3cc(Cl)cc(Cl)c3OCc3ccc([N+](=O)[O-])cc3)c(=O)n2[C@@H]1c1ccc(C)cc1. The Kier molecular flexibility index (Phi) is 8.82. The van der Waals surface area contributed by atoms with Crippen molar-refractivity contribution in [2.24, 2.45) is 4.99 Å². The van der Waals surface area contributed by atoms with Crippen molar-refractivity contribution in [2.75, 3.05) is 6.61 Å². The standard InChI is InChI=1S/C31H25Cl2N3O6S/c1-4-41-30(38)26-18(3)34-31-35(27(26)20-9-5-17(2)6-10-20)29(37)25(43-31)14-21-13-22(32)15-24(33)28(21)42-16-19-7-11-23(12-8-19)36(39)40/h5-15,27H,4,16H2,1-3H3/b25-14-/t27-/m1/s1. The van der Waals surface area contributed by atoms with Gasteiger partial charge in [-0.2, -0.15) is 0 Å². The molecule has 1 atom stereocenters. The average molecular weight is 639 g/mol. The predicted octanol–water partition coefficient (Wildman–Crippen LogP) is 5.90. The van der Waals surface area contributed by atoms with E-state index >= 15 is 0 Å². The summed E-state index contributed by atoms with van der Waals surface area (Å²) in [6.07, 6.45) is 1.63. The van der Waals surface area contributed by atoms with Gasteiger partial charge in [-0.05, 0) is 62.2 Å². The number of carbonyl (C=O) groups is 1. The quantitative estimate of drug-likeness (QED) is 0.135. The summed E-state index contributed by atoms with van der Waals surface area (Å²) in [6.45, 7) is 5.66. The number of benzene rings is 3. The summed E-state index contributed by atoms with van der Waals surface area (Å²) in [6, 6.07) is 16.0. The molecule has 0 N–H and O–H groups in total. The maximum Gasteiger partial charge on any atom is 0.338 e. The fourth-order valence-electron chi connectivity index (χ4n) is 4.71. The zero-order valence-electron chi connectivity index (χ0n) is 23.3. The monoisotopic (exact) mass is 637 g/mol. The summed E-state index contributed by atoms with van der Waals surface area (Å²) in [7, 11) is 0. The second kappa shape index (κ2) is 12.5. The van der Waals surface area contributed by atoms with Crippen LogP contribution in [0.25, 0.3) is 6.08 Å². The third kappa shape index (κ3) is 6.27. The number of esters is 1. The van der Waals surface area contributed by atoms with Gasteiger partial charge in [0.25, 0.3) is 11.2 Å². The van der Waals surface area contributed by atoms with Crippen LogP contribution in [0, 0.1) is 17.0 Å². The van der Waals surface area contributed by atoms with Crippen LogP contribution in [0.4, 0.5) is 5.69 Å². The molecule has 2 heterocycles. The number of aromatic nitrogens is 1. The van der Waals surface area contributed by atoms with Crippen molar-refractivity contribution < 1.29 is 19.2 Å². The molecule has 0 saturated carbocycles. The number of fused-ring (bicyclic) bond motifs is 1. The van der Waals surface area contributed by atoms with E-state index in [2.05, 4.69) is 4.99 Å². The van der Waals surface area contributed by atoms with Crippen LogP contribution in [-0.2, 0) is 16.1 Å². The van der Waals surface area contributed by atoms with E-state index in [0.717, 1.165) is 22.5 Å². The molecule has 0 unspecified atom stereocenters. The van der Waals surface area contributed by atoms with E-state index in [1.807, 2.05) is 31.2 Å². The number of hydrogen-bond acceptors (Lipinski definition) is 8. The van der Waals surface area contributed by atoms with Crippen molar-refractivity contribution in [1.82, 2.24) is 4.57 Å². The first-order valence-corrected chi connectivity index (χ1v) is 14.8. The Bertz CT molecular complexity index is 1950. The third-order valence-corrected chi connectivity index (χ3v) is 8.25. The first kappa shape index (κ1) is 30.2. The maximum atomic E-state index is 14.0. The van der Waals surface area contributed by atoms with Crippen LogP contribution in [0.15, 0.2) is 81.7 Å². The van der Waals surface area contributed by atoms with Crippen molar-refractivity contribution in [2.45, 2.75) is 33.4 Å². The summed E-state index contributed by atoms with van der Waals surface area (Å²) in [5.41, 5.74) is 3.29. The second-order valence-corrected chi connectivity index (χ2v) is 11.6. The van der Waals surface area contributed by atoms with Gasteiger partial charge in [0.1, 0.15) is 12.4 Å². The summed E-state index contributed by atoms with van der Waals surface area (Å²) in [5, 5.41) is 11.5. The van der Waals surface area contributed by atoms with Crippen LogP contribution in [-0.4, -0.2) is 22.1 Å². The highest BCUT2D eigenvalue weighted by atomic mass is 35.5. The lowest BCUT2D eigenvalue weighted by Gasteiger charge is -2.24. The minimum absolute atomic E-state index is 0.0327.